The number of rotatable bonds is 0. The van der Waals surface area contributed by atoms with Gasteiger partial charge in [0.15, 0.2) is 18.3 Å². The highest BCUT2D eigenvalue weighted by Gasteiger charge is 2.43. The second-order valence-corrected chi connectivity index (χ2v) is 2.96. The first-order valence-electron chi connectivity index (χ1n) is 4.05. The topological polar surface area (TPSA) is 54.0 Å². The van der Waals surface area contributed by atoms with Gasteiger partial charge in [0.25, 0.3) is 0 Å². The zero-order chi connectivity index (χ0) is 9.15. The first kappa shape index (κ1) is 8.72. The van der Waals surface area contributed by atoms with E-state index in [2.05, 4.69) is 0 Å². The maximum atomic E-state index is 10.6. The van der Waals surface area contributed by atoms with Gasteiger partial charge < -0.3 is 18.9 Å². The Labute approximate surface area is 75.2 Å². The van der Waals surface area contributed by atoms with Gasteiger partial charge >= 0.3 is 0 Å². The molecule has 0 bridgehead atoms. The highest BCUT2D eigenvalue weighted by Crippen LogP contribution is 2.31. The summed E-state index contributed by atoms with van der Waals surface area (Å²) < 4.78 is 20.5. The highest BCUT2D eigenvalue weighted by atomic mass is 16.7. The van der Waals surface area contributed by atoms with Crippen molar-refractivity contribution in [1.82, 2.24) is 0 Å². The molecule has 0 amide bonds. The fourth-order valence-corrected chi connectivity index (χ4v) is 1.44. The number of ether oxygens (including phenoxy) is 4. The fraction of sp³-hybridized carbons (Fsp3) is 0.750. The molecule has 1 spiro atoms. The molecule has 1 unspecified atom stereocenters. The predicted octanol–water partition coefficient (Wildman–Crippen LogP) is -0.161. The van der Waals surface area contributed by atoms with Crippen molar-refractivity contribution in [2.24, 2.45) is 0 Å². The van der Waals surface area contributed by atoms with Gasteiger partial charge in [-0.05, 0) is 0 Å². The smallest absolute Gasteiger partial charge is 0.217 e. The lowest BCUT2D eigenvalue weighted by Gasteiger charge is -2.38. The lowest BCUT2D eigenvalue weighted by molar-refractivity contribution is -0.245. The van der Waals surface area contributed by atoms with Crippen LogP contribution in [-0.4, -0.2) is 38.3 Å². The van der Waals surface area contributed by atoms with Gasteiger partial charge in [-0.15, -0.1) is 0 Å². The van der Waals surface area contributed by atoms with Crippen molar-refractivity contribution >= 4 is 5.94 Å². The molecule has 2 heterocycles. The number of hydrogen-bond donors (Lipinski definition) is 0. The van der Waals surface area contributed by atoms with Crippen LogP contribution >= 0.6 is 0 Å². The van der Waals surface area contributed by atoms with Crippen LogP contribution in [0.1, 0.15) is 6.42 Å². The molecule has 2 aliphatic rings. The van der Waals surface area contributed by atoms with Crippen molar-refractivity contribution in [3.63, 3.8) is 0 Å². The SMILES string of the molecule is O=C=C1OCOCC12CCOCO2. The zero-order valence-corrected chi connectivity index (χ0v) is 7.08. The van der Waals surface area contributed by atoms with Crippen LogP contribution < -0.4 is 0 Å². The molecule has 13 heavy (non-hydrogen) atoms. The second kappa shape index (κ2) is 3.47. The lowest BCUT2D eigenvalue weighted by atomic mass is 9.98. The summed E-state index contributed by atoms with van der Waals surface area (Å²) in [6, 6.07) is 0. The summed E-state index contributed by atoms with van der Waals surface area (Å²) in [6.45, 7) is 1.13. The largest absolute Gasteiger partial charge is 0.457 e. The van der Waals surface area contributed by atoms with E-state index < -0.39 is 5.60 Å². The van der Waals surface area contributed by atoms with E-state index in [0.717, 1.165) is 0 Å². The normalized spacial score (nSPS) is 34.0. The minimum atomic E-state index is -0.752. The molecule has 0 aromatic rings. The molecule has 2 rings (SSSR count). The van der Waals surface area contributed by atoms with Crippen LogP contribution in [0, 0.1) is 0 Å². The number of carbonyl (C=O) groups excluding carboxylic acids is 1. The molecule has 0 aromatic heterocycles. The molecule has 1 atom stereocenters. The van der Waals surface area contributed by atoms with Crippen molar-refractivity contribution in [1.29, 1.82) is 0 Å². The molecular formula is C8H10O5. The summed E-state index contributed by atoms with van der Waals surface area (Å²) in [6.07, 6.45) is 0.567. The van der Waals surface area contributed by atoms with Crippen LogP contribution in [0.25, 0.3) is 0 Å². The van der Waals surface area contributed by atoms with Crippen LogP contribution in [-0.2, 0) is 23.7 Å². The Morgan fingerprint density at radius 2 is 2.23 bits per heavy atom. The molecule has 2 saturated heterocycles. The van der Waals surface area contributed by atoms with Gasteiger partial charge in [-0.2, -0.15) is 0 Å². The summed E-state index contributed by atoms with van der Waals surface area (Å²) in [4.78, 5) is 10.6. The summed E-state index contributed by atoms with van der Waals surface area (Å²) in [5.74, 6) is 1.94. The van der Waals surface area contributed by atoms with Gasteiger partial charge in [-0.25, -0.2) is 4.79 Å². The van der Waals surface area contributed by atoms with Gasteiger partial charge in [0.05, 0.1) is 13.2 Å². The Bertz CT molecular complexity index is 229. The van der Waals surface area contributed by atoms with Gasteiger partial charge in [-0.1, -0.05) is 0 Å². The third-order valence-electron chi connectivity index (χ3n) is 2.20. The van der Waals surface area contributed by atoms with Crippen LogP contribution in [0.4, 0.5) is 0 Å². The predicted molar refractivity (Wildman–Crippen MR) is 40.4 cm³/mol. The minimum absolute atomic E-state index is 0.0938. The Morgan fingerprint density at radius 3 is 2.92 bits per heavy atom. The van der Waals surface area contributed by atoms with Crippen LogP contribution in [0.5, 0.6) is 0 Å². The van der Waals surface area contributed by atoms with E-state index in [9.17, 15) is 4.79 Å². The standard InChI is InChI=1S/C8H10O5/c9-3-7-8(4-11-5-12-7)1-2-10-6-13-8/h1-2,4-6H2. The third kappa shape index (κ3) is 1.47. The Hall–Kier alpha value is -0.870. The van der Waals surface area contributed by atoms with Crippen molar-refractivity contribution in [2.45, 2.75) is 12.0 Å². The van der Waals surface area contributed by atoms with Gasteiger partial charge in [-0.3, -0.25) is 0 Å². The first-order valence-corrected chi connectivity index (χ1v) is 4.05. The van der Waals surface area contributed by atoms with E-state index in [1.54, 1.807) is 5.94 Å². The molecule has 0 saturated carbocycles. The molecule has 72 valence electrons. The van der Waals surface area contributed by atoms with E-state index in [0.29, 0.717) is 19.6 Å². The Kier molecular flexibility index (Phi) is 2.33. The molecular weight excluding hydrogens is 176 g/mol. The Balaban J connectivity index is 2.20. The molecule has 2 aliphatic heterocycles. The van der Waals surface area contributed by atoms with Crippen LogP contribution in [0.2, 0.25) is 0 Å². The van der Waals surface area contributed by atoms with Crippen molar-refractivity contribution in [3.05, 3.63) is 5.76 Å². The summed E-state index contributed by atoms with van der Waals surface area (Å²) in [5.41, 5.74) is -0.752. The quantitative estimate of drug-likeness (QED) is 0.492. The van der Waals surface area contributed by atoms with Crippen LogP contribution in [0.15, 0.2) is 5.76 Å². The molecule has 0 aliphatic carbocycles. The summed E-state index contributed by atoms with van der Waals surface area (Å²) in [5, 5.41) is 0. The van der Waals surface area contributed by atoms with Crippen molar-refractivity contribution in [3.8, 4) is 0 Å². The monoisotopic (exact) mass is 186 g/mol. The maximum absolute atomic E-state index is 10.6. The summed E-state index contributed by atoms with van der Waals surface area (Å²) >= 11 is 0. The summed E-state index contributed by atoms with van der Waals surface area (Å²) in [7, 11) is 0. The lowest BCUT2D eigenvalue weighted by Crippen LogP contribution is -2.48. The molecule has 0 N–H and O–H groups in total. The highest BCUT2D eigenvalue weighted by molar-refractivity contribution is 5.53. The average molecular weight is 186 g/mol. The average Bonchev–Trinajstić information content (AvgIpc) is 2.20. The van der Waals surface area contributed by atoms with Crippen molar-refractivity contribution < 1.29 is 23.7 Å². The Morgan fingerprint density at radius 1 is 1.31 bits per heavy atom. The van der Waals surface area contributed by atoms with Crippen LogP contribution in [0.3, 0.4) is 0 Å². The van der Waals surface area contributed by atoms with E-state index in [4.69, 9.17) is 18.9 Å². The van der Waals surface area contributed by atoms with E-state index in [-0.39, 0.29) is 19.3 Å². The second-order valence-electron chi connectivity index (χ2n) is 2.96. The number of hydrogen-bond acceptors (Lipinski definition) is 5. The molecule has 5 heteroatoms. The van der Waals surface area contributed by atoms with E-state index in [1.165, 1.54) is 0 Å². The van der Waals surface area contributed by atoms with Gasteiger partial charge in [0.1, 0.15) is 6.79 Å². The molecule has 0 radical (unpaired) electrons. The van der Waals surface area contributed by atoms with Gasteiger partial charge in [0, 0.05) is 6.42 Å². The minimum Gasteiger partial charge on any atom is -0.457 e. The molecule has 0 aromatic carbocycles. The van der Waals surface area contributed by atoms with Crippen molar-refractivity contribution in [2.75, 3.05) is 26.8 Å². The molecule has 2 fully saturated rings. The molecule has 5 nitrogen and oxygen atoms in total. The van der Waals surface area contributed by atoms with E-state index in [1.807, 2.05) is 0 Å². The zero-order valence-electron chi connectivity index (χ0n) is 7.08. The third-order valence-corrected chi connectivity index (χ3v) is 2.20. The van der Waals surface area contributed by atoms with Gasteiger partial charge in [0.2, 0.25) is 5.76 Å². The fourth-order valence-electron chi connectivity index (χ4n) is 1.44. The first-order chi connectivity index (χ1) is 6.37. The maximum Gasteiger partial charge on any atom is 0.217 e. The van der Waals surface area contributed by atoms with E-state index >= 15 is 0 Å².